The summed E-state index contributed by atoms with van der Waals surface area (Å²) in [5.41, 5.74) is 3.09. The van der Waals surface area contributed by atoms with E-state index in [1.807, 2.05) is 13.1 Å². The first-order valence-corrected chi connectivity index (χ1v) is 13.2. The van der Waals surface area contributed by atoms with E-state index >= 15 is 0 Å². The van der Waals surface area contributed by atoms with Crippen LogP contribution in [0, 0.1) is 0 Å². The van der Waals surface area contributed by atoms with Crippen LogP contribution in [-0.2, 0) is 17.9 Å². The Labute approximate surface area is 214 Å². The number of fused-ring (bicyclic) bond motifs is 2. The van der Waals surface area contributed by atoms with Gasteiger partial charge in [0.15, 0.2) is 5.82 Å². The topological polar surface area (TPSA) is 63.1 Å². The van der Waals surface area contributed by atoms with Crippen molar-refractivity contribution in [2.75, 3.05) is 38.2 Å². The second kappa shape index (κ2) is 11.8. The fraction of sp³-hybridized carbons (Fsp3) is 0.483. The largest absolute Gasteiger partial charge is 0.496 e. The number of hydrogen-bond donors (Lipinski definition) is 0. The average Bonchev–Trinajstić information content (AvgIpc) is 3.39. The molecule has 0 spiro atoms. The smallest absolute Gasteiger partial charge is 0.158 e. The van der Waals surface area contributed by atoms with Crippen molar-refractivity contribution in [1.82, 2.24) is 14.9 Å². The van der Waals surface area contributed by atoms with Gasteiger partial charge in [0, 0.05) is 36.8 Å². The predicted molar refractivity (Wildman–Crippen MR) is 146 cm³/mol. The van der Waals surface area contributed by atoms with Crippen molar-refractivity contribution in [3.8, 4) is 5.75 Å². The van der Waals surface area contributed by atoms with Crippen LogP contribution < -0.4 is 9.64 Å². The van der Waals surface area contributed by atoms with Crippen LogP contribution in [0.4, 0.5) is 11.5 Å². The maximum Gasteiger partial charge on any atom is 0.158 e. The molecule has 2 saturated heterocycles. The van der Waals surface area contributed by atoms with Crippen LogP contribution in [0.15, 0.2) is 47.7 Å². The van der Waals surface area contributed by atoms with Crippen LogP contribution >= 0.6 is 0 Å². The van der Waals surface area contributed by atoms with Crippen LogP contribution in [0.3, 0.4) is 0 Å². The highest BCUT2D eigenvalue weighted by molar-refractivity contribution is 5.89. The third-order valence-corrected chi connectivity index (χ3v) is 7.19. The number of methoxy groups -OCH3 is 1. The van der Waals surface area contributed by atoms with Gasteiger partial charge in [0.2, 0.25) is 0 Å². The number of benzene rings is 2. The van der Waals surface area contributed by atoms with Crippen molar-refractivity contribution in [2.24, 2.45) is 4.99 Å². The van der Waals surface area contributed by atoms with E-state index in [0.717, 1.165) is 42.6 Å². The maximum absolute atomic E-state index is 5.67. The predicted octanol–water partition coefficient (Wildman–Crippen LogP) is 5.53. The Morgan fingerprint density at radius 1 is 0.944 bits per heavy atom. The van der Waals surface area contributed by atoms with Crippen LogP contribution in [0.25, 0.3) is 10.8 Å². The Hall–Kier alpha value is -3.03. The van der Waals surface area contributed by atoms with Gasteiger partial charge in [0.25, 0.3) is 0 Å². The number of likely N-dealkylation sites (tertiary alicyclic amines) is 1. The van der Waals surface area contributed by atoms with Gasteiger partial charge in [0.1, 0.15) is 17.8 Å². The number of hydrogen-bond acceptors (Lipinski definition) is 7. The molecular formula is C29H37N5O2. The van der Waals surface area contributed by atoms with Gasteiger partial charge >= 0.3 is 0 Å². The first-order valence-electron chi connectivity index (χ1n) is 13.2. The van der Waals surface area contributed by atoms with Crippen molar-refractivity contribution in [1.29, 1.82) is 0 Å². The SMILES string of the molecule is CC1C=Nc2c(ncnc2N2CCCC2)CO1.COc1c(CN2CCCCC2)ccc2ccccc12. The lowest BCUT2D eigenvalue weighted by molar-refractivity contribution is 0.0987. The monoisotopic (exact) mass is 487 g/mol. The minimum atomic E-state index is 0.0376. The van der Waals surface area contributed by atoms with Gasteiger partial charge in [-0.15, -0.1) is 0 Å². The molecule has 0 aliphatic carbocycles. The molecule has 7 nitrogen and oxygen atoms in total. The van der Waals surface area contributed by atoms with Gasteiger partial charge in [-0.05, 0) is 51.1 Å². The molecule has 0 amide bonds. The van der Waals surface area contributed by atoms with Crippen LogP contribution in [0.5, 0.6) is 5.75 Å². The van der Waals surface area contributed by atoms with Gasteiger partial charge in [-0.1, -0.05) is 42.8 Å². The molecule has 7 heteroatoms. The van der Waals surface area contributed by atoms with Gasteiger partial charge in [-0.2, -0.15) is 0 Å². The number of rotatable bonds is 4. The summed E-state index contributed by atoms with van der Waals surface area (Å²) in [4.78, 5) is 18.0. The second-order valence-electron chi connectivity index (χ2n) is 9.80. The molecule has 2 aromatic carbocycles. The van der Waals surface area contributed by atoms with Crippen molar-refractivity contribution >= 4 is 28.5 Å². The molecule has 1 atom stereocenters. The van der Waals surface area contributed by atoms with Crippen LogP contribution in [0.1, 0.15) is 50.3 Å². The molecule has 0 saturated carbocycles. The molecule has 6 rings (SSSR count). The fourth-order valence-electron chi connectivity index (χ4n) is 5.25. The summed E-state index contributed by atoms with van der Waals surface area (Å²) in [5, 5.41) is 2.47. The number of aromatic nitrogens is 2. The van der Waals surface area contributed by atoms with Crippen molar-refractivity contribution in [3.05, 3.63) is 54.0 Å². The summed E-state index contributed by atoms with van der Waals surface area (Å²) >= 11 is 0. The molecule has 3 aliphatic rings. The number of nitrogens with zero attached hydrogens (tertiary/aromatic N) is 5. The molecule has 0 radical (unpaired) electrons. The zero-order chi connectivity index (χ0) is 24.7. The molecule has 3 aromatic rings. The normalized spacial score (nSPS) is 19.9. The first kappa shape index (κ1) is 24.7. The Balaban J connectivity index is 0.000000149. The molecule has 3 aliphatic heterocycles. The lowest BCUT2D eigenvalue weighted by atomic mass is 10.0. The number of ether oxygens (including phenoxy) is 2. The fourth-order valence-corrected chi connectivity index (χ4v) is 5.25. The Morgan fingerprint density at radius 3 is 2.53 bits per heavy atom. The van der Waals surface area contributed by atoms with E-state index in [1.165, 1.54) is 61.5 Å². The third-order valence-electron chi connectivity index (χ3n) is 7.19. The van der Waals surface area contributed by atoms with Crippen molar-refractivity contribution < 1.29 is 9.47 Å². The Morgan fingerprint density at radius 2 is 1.72 bits per heavy atom. The van der Waals surface area contributed by atoms with Crippen LogP contribution in [-0.4, -0.2) is 60.5 Å². The number of piperidine rings is 1. The van der Waals surface area contributed by atoms with E-state index in [2.05, 4.69) is 61.2 Å². The quantitative estimate of drug-likeness (QED) is 0.482. The molecular weight excluding hydrogens is 450 g/mol. The van der Waals surface area contributed by atoms with Crippen molar-refractivity contribution in [3.63, 3.8) is 0 Å². The summed E-state index contributed by atoms with van der Waals surface area (Å²) < 4.78 is 11.3. The van der Waals surface area contributed by atoms with E-state index in [1.54, 1.807) is 13.4 Å². The van der Waals surface area contributed by atoms with E-state index in [4.69, 9.17) is 9.47 Å². The molecule has 190 valence electrons. The van der Waals surface area contributed by atoms with E-state index in [9.17, 15) is 0 Å². The van der Waals surface area contributed by atoms with E-state index in [0.29, 0.717) is 6.61 Å². The second-order valence-corrected chi connectivity index (χ2v) is 9.80. The molecule has 4 heterocycles. The standard InChI is InChI=1S/C17H21NO.C12H16N4O/c1-19-17-15(13-18-11-5-2-6-12-18)10-9-14-7-3-4-8-16(14)17;1-9-6-13-11-10(7-17-9)14-8-15-12(11)16-4-2-3-5-16/h3-4,7-10H,2,5-6,11-13H2,1H3;6,8-9H,2-5,7H2,1H3. The van der Waals surface area contributed by atoms with Gasteiger partial charge < -0.3 is 14.4 Å². The lowest BCUT2D eigenvalue weighted by Crippen LogP contribution is -2.29. The Bertz CT molecular complexity index is 1190. The third kappa shape index (κ3) is 5.68. The molecule has 2 fully saturated rings. The molecule has 1 aromatic heterocycles. The van der Waals surface area contributed by atoms with Gasteiger partial charge in [-0.3, -0.25) is 9.89 Å². The van der Waals surface area contributed by atoms with E-state index < -0.39 is 0 Å². The van der Waals surface area contributed by atoms with Crippen molar-refractivity contribution in [2.45, 2.75) is 58.3 Å². The highest BCUT2D eigenvalue weighted by Gasteiger charge is 2.21. The molecule has 1 unspecified atom stereocenters. The summed E-state index contributed by atoms with van der Waals surface area (Å²) in [5.74, 6) is 2.00. The zero-order valence-electron chi connectivity index (χ0n) is 21.5. The maximum atomic E-state index is 5.67. The number of anilines is 1. The zero-order valence-corrected chi connectivity index (χ0v) is 21.5. The Kier molecular flexibility index (Phi) is 8.08. The summed E-state index contributed by atoms with van der Waals surface area (Å²) in [6, 6.07) is 12.9. The first-order chi connectivity index (χ1) is 17.7. The summed E-state index contributed by atoms with van der Waals surface area (Å²) in [6.07, 6.45) is 9.98. The van der Waals surface area contributed by atoms with Gasteiger partial charge in [0.05, 0.1) is 25.5 Å². The molecule has 0 bridgehead atoms. The minimum absolute atomic E-state index is 0.0376. The summed E-state index contributed by atoms with van der Waals surface area (Å²) in [6.45, 7) is 8.07. The molecule has 36 heavy (non-hydrogen) atoms. The van der Waals surface area contributed by atoms with Crippen LogP contribution in [0.2, 0.25) is 0 Å². The lowest BCUT2D eigenvalue weighted by Gasteiger charge is -2.27. The number of aliphatic imine (C=N–C) groups is 1. The highest BCUT2D eigenvalue weighted by Crippen LogP contribution is 2.33. The average molecular weight is 488 g/mol. The minimum Gasteiger partial charge on any atom is -0.496 e. The van der Waals surface area contributed by atoms with Gasteiger partial charge in [-0.25, -0.2) is 9.97 Å². The highest BCUT2D eigenvalue weighted by atomic mass is 16.5. The molecule has 0 N–H and O–H groups in total. The van der Waals surface area contributed by atoms with E-state index in [-0.39, 0.29) is 6.10 Å². The summed E-state index contributed by atoms with van der Waals surface area (Å²) in [7, 11) is 1.78.